The van der Waals surface area contributed by atoms with E-state index < -0.39 is 0 Å². The standard InChI is InChI=1S/C19H33N7OS/c1-5-11-26(12-6-2)18-22-16(23-19(24-18)27-13-10-20-4)14-21-25-17-9-8-15(7-3)28-17/h9,14-15,20,25H,5-8,10-13H2,1-4H3/b21-14+. The average molecular weight is 408 g/mol. The Kier molecular flexibility index (Phi) is 10.1. The Labute approximate surface area is 172 Å². The molecule has 0 radical (unpaired) electrons. The van der Waals surface area contributed by atoms with Gasteiger partial charge in [-0.3, -0.25) is 5.43 Å². The molecule has 0 aromatic carbocycles. The number of thioether (sulfide) groups is 1. The van der Waals surface area contributed by atoms with Gasteiger partial charge in [-0.05, 0) is 32.7 Å². The summed E-state index contributed by atoms with van der Waals surface area (Å²) in [6.07, 6.45) is 8.11. The molecule has 9 heteroatoms. The van der Waals surface area contributed by atoms with Crippen molar-refractivity contribution < 1.29 is 4.74 Å². The summed E-state index contributed by atoms with van der Waals surface area (Å²) in [4.78, 5) is 15.6. The molecule has 0 fully saturated rings. The quantitative estimate of drug-likeness (QED) is 0.293. The van der Waals surface area contributed by atoms with Crippen LogP contribution in [0.1, 0.15) is 52.3 Å². The lowest BCUT2D eigenvalue weighted by Crippen LogP contribution is -2.28. The molecule has 0 saturated heterocycles. The van der Waals surface area contributed by atoms with Gasteiger partial charge in [0.1, 0.15) is 6.61 Å². The van der Waals surface area contributed by atoms with E-state index in [1.807, 2.05) is 18.8 Å². The van der Waals surface area contributed by atoms with E-state index in [1.54, 1.807) is 6.21 Å². The second kappa shape index (κ2) is 12.6. The van der Waals surface area contributed by atoms with E-state index in [9.17, 15) is 0 Å². The molecule has 1 aliphatic rings. The molecule has 1 aromatic heterocycles. The number of nitrogens with one attached hydrogen (secondary N) is 2. The minimum Gasteiger partial charge on any atom is -0.462 e. The van der Waals surface area contributed by atoms with Crippen molar-refractivity contribution in [3.05, 3.63) is 16.9 Å². The monoisotopic (exact) mass is 407 g/mol. The zero-order valence-corrected chi connectivity index (χ0v) is 18.3. The lowest BCUT2D eigenvalue weighted by molar-refractivity contribution is 0.292. The molecule has 156 valence electrons. The number of hydrogen-bond donors (Lipinski definition) is 2. The number of ether oxygens (including phenoxy) is 1. The number of likely N-dealkylation sites (N-methyl/N-ethyl adjacent to an activating group) is 1. The van der Waals surface area contributed by atoms with Gasteiger partial charge in [0.2, 0.25) is 5.95 Å². The molecule has 0 amide bonds. The molecule has 2 N–H and O–H groups in total. The van der Waals surface area contributed by atoms with Crippen LogP contribution in [0, 0.1) is 0 Å². The molecular formula is C19H33N7OS. The van der Waals surface area contributed by atoms with Crippen LogP contribution < -0.4 is 20.4 Å². The Morgan fingerprint density at radius 1 is 1.25 bits per heavy atom. The van der Waals surface area contributed by atoms with Crippen molar-refractivity contribution in [2.24, 2.45) is 5.10 Å². The van der Waals surface area contributed by atoms with E-state index in [0.717, 1.165) is 50.3 Å². The van der Waals surface area contributed by atoms with Crippen molar-refractivity contribution >= 4 is 23.9 Å². The van der Waals surface area contributed by atoms with Crippen LogP contribution in [0.4, 0.5) is 5.95 Å². The first kappa shape index (κ1) is 22.4. The predicted molar refractivity (Wildman–Crippen MR) is 117 cm³/mol. The fourth-order valence-electron chi connectivity index (χ4n) is 2.71. The molecule has 2 heterocycles. The Balaban J connectivity index is 2.12. The van der Waals surface area contributed by atoms with Gasteiger partial charge in [-0.15, -0.1) is 11.8 Å². The van der Waals surface area contributed by atoms with E-state index in [0.29, 0.717) is 29.6 Å². The van der Waals surface area contributed by atoms with Crippen LogP contribution in [0.2, 0.25) is 0 Å². The second-order valence-electron chi connectivity index (χ2n) is 6.54. The van der Waals surface area contributed by atoms with Gasteiger partial charge >= 0.3 is 6.01 Å². The summed E-state index contributed by atoms with van der Waals surface area (Å²) in [5.41, 5.74) is 3.09. The van der Waals surface area contributed by atoms with Crippen LogP contribution >= 0.6 is 11.8 Å². The molecule has 28 heavy (non-hydrogen) atoms. The van der Waals surface area contributed by atoms with Crippen molar-refractivity contribution in [3.63, 3.8) is 0 Å². The predicted octanol–water partition coefficient (Wildman–Crippen LogP) is 2.78. The number of nitrogens with zero attached hydrogens (tertiary/aromatic N) is 5. The van der Waals surface area contributed by atoms with Gasteiger partial charge in [-0.1, -0.05) is 26.8 Å². The zero-order valence-electron chi connectivity index (χ0n) is 17.4. The highest BCUT2D eigenvalue weighted by Gasteiger charge is 2.16. The third-order valence-corrected chi connectivity index (χ3v) is 5.51. The van der Waals surface area contributed by atoms with E-state index in [-0.39, 0.29) is 0 Å². The molecule has 0 saturated carbocycles. The van der Waals surface area contributed by atoms with Gasteiger partial charge in [0, 0.05) is 24.9 Å². The third-order valence-electron chi connectivity index (χ3n) is 4.14. The molecule has 0 aliphatic carbocycles. The molecule has 0 bridgehead atoms. The zero-order chi connectivity index (χ0) is 20.2. The maximum Gasteiger partial charge on any atom is 0.321 e. The number of rotatable bonds is 13. The Bertz CT molecular complexity index is 647. The van der Waals surface area contributed by atoms with Crippen LogP contribution in [0.25, 0.3) is 0 Å². The normalized spacial score (nSPS) is 16.4. The van der Waals surface area contributed by atoms with Gasteiger partial charge in [0.15, 0.2) is 5.82 Å². The van der Waals surface area contributed by atoms with Crippen LogP contribution in [-0.2, 0) is 0 Å². The maximum atomic E-state index is 5.69. The lowest BCUT2D eigenvalue weighted by atomic mass is 10.2. The molecule has 0 spiro atoms. The van der Waals surface area contributed by atoms with Crippen molar-refractivity contribution in [2.75, 3.05) is 38.2 Å². The van der Waals surface area contributed by atoms with Crippen molar-refractivity contribution in [1.82, 2.24) is 25.7 Å². The van der Waals surface area contributed by atoms with E-state index in [4.69, 9.17) is 4.74 Å². The largest absolute Gasteiger partial charge is 0.462 e. The summed E-state index contributed by atoms with van der Waals surface area (Å²) in [5, 5.41) is 9.10. The third kappa shape index (κ3) is 7.27. The van der Waals surface area contributed by atoms with E-state index in [2.05, 4.69) is 62.5 Å². The Hall–Kier alpha value is -1.87. The number of hydrogen-bond acceptors (Lipinski definition) is 9. The summed E-state index contributed by atoms with van der Waals surface area (Å²) < 4.78 is 5.69. The smallest absolute Gasteiger partial charge is 0.321 e. The molecule has 1 aliphatic heterocycles. The SMILES string of the molecule is CCCN(CCC)c1nc(/C=N/NC2=CCC(CC)S2)nc(OCCNC)n1. The number of anilines is 1. The highest BCUT2D eigenvalue weighted by molar-refractivity contribution is 8.03. The first-order valence-corrected chi connectivity index (χ1v) is 11.0. The van der Waals surface area contributed by atoms with Crippen molar-refractivity contribution in [1.29, 1.82) is 0 Å². The second-order valence-corrected chi connectivity index (χ2v) is 7.88. The van der Waals surface area contributed by atoms with Crippen LogP contribution in [0.15, 0.2) is 16.2 Å². The van der Waals surface area contributed by atoms with Crippen molar-refractivity contribution in [3.8, 4) is 6.01 Å². The number of hydrazone groups is 1. The minimum atomic E-state index is 0.333. The van der Waals surface area contributed by atoms with Gasteiger partial charge in [0.05, 0.1) is 11.2 Å². The molecule has 8 nitrogen and oxygen atoms in total. The fraction of sp³-hybridized carbons (Fsp3) is 0.684. The minimum absolute atomic E-state index is 0.333. The van der Waals surface area contributed by atoms with Crippen LogP contribution in [0.5, 0.6) is 6.01 Å². The summed E-state index contributed by atoms with van der Waals surface area (Å²) >= 11 is 1.83. The van der Waals surface area contributed by atoms with Crippen LogP contribution in [0.3, 0.4) is 0 Å². The first-order valence-electron chi connectivity index (χ1n) is 10.1. The fourth-order valence-corrected chi connectivity index (χ4v) is 3.73. The van der Waals surface area contributed by atoms with E-state index in [1.165, 1.54) is 0 Å². The first-order chi connectivity index (χ1) is 13.7. The average Bonchev–Trinajstić information content (AvgIpc) is 3.16. The molecule has 1 atom stereocenters. The highest BCUT2D eigenvalue weighted by atomic mass is 32.2. The molecule has 1 aromatic rings. The van der Waals surface area contributed by atoms with E-state index >= 15 is 0 Å². The Morgan fingerprint density at radius 3 is 2.68 bits per heavy atom. The molecule has 1 unspecified atom stereocenters. The summed E-state index contributed by atoms with van der Waals surface area (Å²) in [6.45, 7) is 9.52. The Morgan fingerprint density at radius 2 is 2.04 bits per heavy atom. The summed E-state index contributed by atoms with van der Waals surface area (Å²) in [7, 11) is 1.88. The number of aromatic nitrogens is 3. The van der Waals surface area contributed by atoms with Gasteiger partial charge in [-0.25, -0.2) is 0 Å². The maximum absolute atomic E-state index is 5.69. The topological polar surface area (TPSA) is 87.6 Å². The number of allylic oxidation sites excluding steroid dienone is 1. The highest BCUT2D eigenvalue weighted by Crippen LogP contribution is 2.32. The van der Waals surface area contributed by atoms with Gasteiger partial charge in [-0.2, -0.15) is 20.1 Å². The lowest BCUT2D eigenvalue weighted by Gasteiger charge is -2.21. The molecule has 2 rings (SSSR count). The van der Waals surface area contributed by atoms with Gasteiger partial charge in [0.25, 0.3) is 0 Å². The van der Waals surface area contributed by atoms with Crippen molar-refractivity contribution in [2.45, 2.75) is 51.7 Å². The summed E-state index contributed by atoms with van der Waals surface area (Å²) in [6, 6.07) is 0.333. The molecular weight excluding hydrogens is 374 g/mol. The van der Waals surface area contributed by atoms with Gasteiger partial charge < -0.3 is 15.0 Å². The summed E-state index contributed by atoms with van der Waals surface area (Å²) in [5.74, 6) is 1.13. The van der Waals surface area contributed by atoms with Crippen LogP contribution in [-0.4, -0.2) is 59.7 Å².